The monoisotopic (exact) mass is 783 g/mol. The third-order valence-corrected chi connectivity index (χ3v) is 12.8. The highest BCUT2D eigenvalue weighted by molar-refractivity contribution is 5.91. The second kappa shape index (κ2) is 14.3. The minimum Gasteiger partial charge on any atom is -0.453 e. The van der Waals surface area contributed by atoms with E-state index in [1.165, 1.54) is 7.11 Å². The highest BCUT2D eigenvalue weighted by Crippen LogP contribution is 2.58. The summed E-state index contributed by atoms with van der Waals surface area (Å²) in [6.07, 6.45) is 9.02. The maximum Gasteiger partial charge on any atom is 0.411 e. The number of fused-ring (bicyclic) bond motifs is 3. The fourth-order valence-corrected chi connectivity index (χ4v) is 9.59. The Kier molecular flexibility index (Phi) is 9.36. The first kappa shape index (κ1) is 37.9. The van der Waals surface area contributed by atoms with Crippen molar-refractivity contribution in [3.8, 4) is 33.6 Å². The van der Waals surface area contributed by atoms with Crippen molar-refractivity contribution in [3.63, 3.8) is 0 Å². The molecule has 12 nitrogen and oxygen atoms in total. The summed E-state index contributed by atoms with van der Waals surface area (Å²) in [7, 11) is 1.31. The van der Waals surface area contributed by atoms with E-state index in [0.29, 0.717) is 12.5 Å². The molecule has 2 aliphatic carbocycles. The molecule has 12 heteroatoms. The minimum atomic E-state index is -0.678. The summed E-state index contributed by atoms with van der Waals surface area (Å²) in [5.74, 6) is 1.78. The van der Waals surface area contributed by atoms with E-state index in [4.69, 9.17) is 19.4 Å². The number of amides is 3. The number of nitrogens with one attached hydrogen (secondary N) is 3. The van der Waals surface area contributed by atoms with E-state index in [1.54, 1.807) is 0 Å². The van der Waals surface area contributed by atoms with Gasteiger partial charge in [-0.05, 0) is 116 Å². The molecule has 3 amide bonds. The second-order valence-corrected chi connectivity index (χ2v) is 18.3. The SMILES string of the molecule is COC(=O)N[C@H](C(=O)N1CC2(CC2)C[C@H]1c1ncc(-c2ccc3cc(-c4ccc(-c5cnc(C6C7CCC(C7)N6C(=O)OC(C)(C)C)[nH]5)cc4)ccc3c2)[nH]1)C(C)C. The number of carbonyl (C=O) groups excluding carboxylic acids is 3. The Labute approximate surface area is 339 Å². The Hall–Kier alpha value is -5.65. The summed E-state index contributed by atoms with van der Waals surface area (Å²) in [5.41, 5.74) is 5.70. The molecule has 2 bridgehead atoms. The van der Waals surface area contributed by atoms with Crippen molar-refractivity contribution in [1.82, 2.24) is 35.1 Å². The van der Waals surface area contributed by atoms with Gasteiger partial charge in [-0.3, -0.25) is 9.69 Å². The van der Waals surface area contributed by atoms with Gasteiger partial charge in [0.1, 0.15) is 23.3 Å². The predicted molar refractivity (Wildman–Crippen MR) is 221 cm³/mol. The summed E-state index contributed by atoms with van der Waals surface area (Å²) >= 11 is 0. The topological polar surface area (TPSA) is 146 Å². The Balaban J connectivity index is 0.897. The summed E-state index contributed by atoms with van der Waals surface area (Å²) < 4.78 is 10.6. The van der Waals surface area contributed by atoms with Crippen molar-refractivity contribution in [2.45, 2.75) is 103 Å². The zero-order valence-electron chi connectivity index (χ0n) is 34.2. The maximum absolute atomic E-state index is 13.9. The van der Waals surface area contributed by atoms with Gasteiger partial charge in [-0.1, -0.05) is 62.4 Å². The van der Waals surface area contributed by atoms with E-state index in [9.17, 15) is 14.4 Å². The summed E-state index contributed by atoms with van der Waals surface area (Å²) in [6.45, 7) is 10.3. The lowest BCUT2D eigenvalue weighted by Crippen LogP contribution is -2.51. The van der Waals surface area contributed by atoms with Gasteiger partial charge in [-0.25, -0.2) is 19.6 Å². The number of nitrogens with zero attached hydrogens (tertiary/aromatic N) is 4. The van der Waals surface area contributed by atoms with Gasteiger partial charge in [0.15, 0.2) is 0 Å². The number of carbonyl (C=O) groups is 3. The van der Waals surface area contributed by atoms with Crippen LogP contribution < -0.4 is 5.32 Å². The number of piperidine rings is 1. The van der Waals surface area contributed by atoms with Gasteiger partial charge in [0.2, 0.25) is 5.91 Å². The molecule has 5 atom stereocenters. The lowest BCUT2D eigenvalue weighted by Gasteiger charge is -2.35. The number of aromatic nitrogens is 4. The molecule has 0 radical (unpaired) electrons. The molecule has 2 saturated heterocycles. The number of methoxy groups -OCH3 is 1. The van der Waals surface area contributed by atoms with Crippen LogP contribution in [0.3, 0.4) is 0 Å². The van der Waals surface area contributed by atoms with Gasteiger partial charge in [0, 0.05) is 18.2 Å². The third kappa shape index (κ3) is 7.11. The van der Waals surface area contributed by atoms with Gasteiger partial charge in [0.05, 0.1) is 43.0 Å². The summed E-state index contributed by atoms with van der Waals surface area (Å²) in [4.78, 5) is 59.8. The number of imidazole rings is 2. The molecule has 2 aliphatic heterocycles. The van der Waals surface area contributed by atoms with Crippen molar-refractivity contribution in [3.05, 3.63) is 84.7 Å². The maximum atomic E-state index is 13.9. The quantitative estimate of drug-likeness (QED) is 0.142. The van der Waals surface area contributed by atoms with Crippen LogP contribution in [0.5, 0.6) is 0 Å². The summed E-state index contributed by atoms with van der Waals surface area (Å²) in [5, 5.41) is 5.00. The molecule has 302 valence electrons. The number of alkyl carbamates (subject to hydrolysis) is 1. The van der Waals surface area contributed by atoms with Gasteiger partial charge < -0.3 is 29.7 Å². The van der Waals surface area contributed by atoms with Crippen molar-refractivity contribution >= 4 is 28.9 Å². The van der Waals surface area contributed by atoms with Crippen LogP contribution in [0.25, 0.3) is 44.4 Å². The van der Waals surface area contributed by atoms with Crippen LogP contribution in [0.2, 0.25) is 0 Å². The average Bonchev–Trinajstić information content (AvgIpc) is 3.83. The molecule has 3 N–H and O–H groups in total. The van der Waals surface area contributed by atoms with Crippen LogP contribution in [0.1, 0.15) is 96.9 Å². The normalized spacial score (nSPS) is 22.5. The Morgan fingerprint density at radius 1 is 0.845 bits per heavy atom. The second-order valence-electron chi connectivity index (χ2n) is 18.3. The molecule has 3 aromatic carbocycles. The van der Waals surface area contributed by atoms with Crippen LogP contribution in [-0.2, 0) is 14.3 Å². The predicted octanol–water partition coefficient (Wildman–Crippen LogP) is 9.18. The number of aromatic amines is 2. The smallest absolute Gasteiger partial charge is 0.411 e. The molecule has 3 unspecified atom stereocenters. The van der Waals surface area contributed by atoms with E-state index in [-0.39, 0.29) is 41.5 Å². The van der Waals surface area contributed by atoms with Crippen LogP contribution in [0.4, 0.5) is 9.59 Å². The lowest BCUT2D eigenvalue weighted by molar-refractivity contribution is -0.135. The highest BCUT2D eigenvalue weighted by atomic mass is 16.6. The fourth-order valence-electron chi connectivity index (χ4n) is 9.59. The van der Waals surface area contributed by atoms with Crippen molar-refractivity contribution in [2.75, 3.05) is 13.7 Å². The molecular formula is C46H53N7O5. The number of ether oxygens (including phenoxy) is 2. The molecule has 5 aromatic rings. The molecule has 58 heavy (non-hydrogen) atoms. The van der Waals surface area contributed by atoms with Gasteiger partial charge in [-0.15, -0.1) is 0 Å². The molecule has 2 aromatic heterocycles. The Bertz CT molecular complexity index is 2370. The van der Waals surface area contributed by atoms with E-state index in [0.717, 1.165) is 94.6 Å². The number of benzene rings is 3. The van der Waals surface area contributed by atoms with E-state index >= 15 is 0 Å². The first-order chi connectivity index (χ1) is 27.8. The largest absolute Gasteiger partial charge is 0.453 e. The van der Waals surface area contributed by atoms with Crippen LogP contribution in [0, 0.1) is 17.3 Å². The third-order valence-electron chi connectivity index (χ3n) is 12.8. The summed E-state index contributed by atoms with van der Waals surface area (Å²) in [6, 6.07) is 20.7. The van der Waals surface area contributed by atoms with Crippen LogP contribution in [-0.4, -0.2) is 79.2 Å². The minimum absolute atomic E-state index is 0.0961. The van der Waals surface area contributed by atoms with E-state index in [1.807, 2.05) is 56.8 Å². The molecule has 9 rings (SSSR count). The van der Waals surface area contributed by atoms with Crippen molar-refractivity contribution in [2.24, 2.45) is 17.3 Å². The molecule has 4 aliphatic rings. The zero-order chi connectivity index (χ0) is 40.5. The number of H-pyrrole nitrogens is 2. The Morgan fingerprint density at radius 3 is 2.14 bits per heavy atom. The first-order valence-electron chi connectivity index (χ1n) is 20.7. The molecular weight excluding hydrogens is 731 g/mol. The van der Waals surface area contributed by atoms with Gasteiger partial charge in [0.25, 0.3) is 0 Å². The van der Waals surface area contributed by atoms with E-state index in [2.05, 4.69) is 75.9 Å². The Morgan fingerprint density at radius 2 is 1.47 bits per heavy atom. The van der Waals surface area contributed by atoms with E-state index < -0.39 is 17.7 Å². The lowest BCUT2D eigenvalue weighted by atomic mass is 9.98. The van der Waals surface area contributed by atoms with Crippen molar-refractivity contribution < 1.29 is 23.9 Å². The molecule has 2 saturated carbocycles. The number of rotatable bonds is 8. The highest BCUT2D eigenvalue weighted by Gasteiger charge is 2.55. The van der Waals surface area contributed by atoms with Gasteiger partial charge >= 0.3 is 12.2 Å². The first-order valence-corrected chi connectivity index (χ1v) is 20.7. The average molecular weight is 784 g/mol. The van der Waals surface area contributed by atoms with Gasteiger partial charge in [-0.2, -0.15) is 0 Å². The standard InChI is InChI=1S/C46H53N7O5/c1-26(2)38(51-43(55)57-6)42(54)52-25-46(17-18-46)22-37(52)40-47-24-36(49-40)32-14-13-30-19-29(11-12-31(30)20-32)27-7-9-28(10-8-27)35-23-48-41(50-35)39-33-15-16-34(21-33)53(39)44(56)58-45(3,4)5/h7-14,19-20,23-24,26,33-34,37-39H,15-18,21-22,25H2,1-6H3,(H,47,49)(H,48,50)(H,51,55)/t33?,34?,37-,38-,39?/m0/s1. The number of likely N-dealkylation sites (tertiary alicyclic amines) is 2. The molecule has 4 heterocycles. The fraction of sp³-hybridized carbons (Fsp3) is 0.457. The molecule has 1 spiro atoms. The number of hydrogen-bond donors (Lipinski definition) is 3. The van der Waals surface area contributed by atoms with Crippen LogP contribution in [0.15, 0.2) is 73.1 Å². The van der Waals surface area contributed by atoms with Crippen molar-refractivity contribution in [1.29, 1.82) is 0 Å². The zero-order valence-corrected chi connectivity index (χ0v) is 34.2. The van der Waals surface area contributed by atoms with Crippen LogP contribution >= 0.6 is 0 Å². The molecule has 4 fully saturated rings. The number of hydrogen-bond acceptors (Lipinski definition) is 7.